The first-order chi connectivity index (χ1) is 5.15. The topological polar surface area (TPSA) is 17.1 Å². The summed E-state index contributed by atoms with van der Waals surface area (Å²) in [6.45, 7) is 0. The smallest absolute Gasteiger partial charge is 0.157 e. The first-order valence-corrected chi connectivity index (χ1v) is 2.99. The fraction of sp³-hybridized carbons (Fsp3) is 0.286. The van der Waals surface area contributed by atoms with Gasteiger partial charge in [-0.25, -0.2) is 13.2 Å². The predicted octanol–water partition coefficient (Wildman–Crippen LogP) is 1.86. The zero-order valence-electron chi connectivity index (χ0n) is 5.43. The molecule has 1 aliphatic rings. The lowest BCUT2D eigenvalue weighted by atomic mass is 10.00. The van der Waals surface area contributed by atoms with Crippen molar-refractivity contribution in [2.45, 2.75) is 6.17 Å². The van der Waals surface area contributed by atoms with Crippen molar-refractivity contribution in [1.82, 2.24) is 0 Å². The van der Waals surface area contributed by atoms with E-state index in [4.69, 9.17) is 0 Å². The average Bonchev–Trinajstić information content (AvgIpc) is 1.97. The molecule has 0 spiro atoms. The van der Waals surface area contributed by atoms with E-state index < -0.39 is 23.7 Å². The minimum Gasteiger partial charge on any atom is -0.303 e. The van der Waals surface area contributed by atoms with Crippen LogP contribution in [0.5, 0.6) is 0 Å². The quantitative estimate of drug-likeness (QED) is 0.538. The van der Waals surface area contributed by atoms with Gasteiger partial charge in [0, 0.05) is 0 Å². The molecule has 0 amide bonds. The minimum atomic E-state index is -1.74. The van der Waals surface area contributed by atoms with Crippen molar-refractivity contribution in [2.24, 2.45) is 5.92 Å². The summed E-state index contributed by atoms with van der Waals surface area (Å²) in [6, 6.07) is 0. The maximum atomic E-state index is 12.5. The molecule has 2 atom stereocenters. The standard InChI is InChI=1S/C7H5F3O/c8-5-2-7(10)6(9)1-4(5)3-11/h1-5H. The summed E-state index contributed by atoms with van der Waals surface area (Å²) >= 11 is 0. The van der Waals surface area contributed by atoms with Crippen LogP contribution in [0.2, 0.25) is 0 Å². The first-order valence-electron chi connectivity index (χ1n) is 2.99. The fourth-order valence-corrected chi connectivity index (χ4v) is 0.785. The second-order valence-electron chi connectivity index (χ2n) is 2.19. The van der Waals surface area contributed by atoms with Gasteiger partial charge in [-0.2, -0.15) is 0 Å². The van der Waals surface area contributed by atoms with E-state index in [2.05, 4.69) is 0 Å². The van der Waals surface area contributed by atoms with E-state index in [1.165, 1.54) is 0 Å². The molecule has 0 bridgehead atoms. The summed E-state index contributed by atoms with van der Waals surface area (Å²) in [5.41, 5.74) is 0. The van der Waals surface area contributed by atoms with E-state index in [1.807, 2.05) is 0 Å². The maximum Gasteiger partial charge on any atom is 0.157 e. The number of halogens is 3. The molecule has 0 fully saturated rings. The van der Waals surface area contributed by atoms with Gasteiger partial charge in [-0.15, -0.1) is 0 Å². The van der Waals surface area contributed by atoms with E-state index in [0.29, 0.717) is 12.2 Å². The van der Waals surface area contributed by atoms with Crippen molar-refractivity contribution in [3.8, 4) is 0 Å². The van der Waals surface area contributed by atoms with Gasteiger partial charge in [0.2, 0.25) is 0 Å². The lowest BCUT2D eigenvalue weighted by molar-refractivity contribution is -0.111. The van der Waals surface area contributed by atoms with E-state index >= 15 is 0 Å². The molecule has 0 radical (unpaired) electrons. The number of hydrogen-bond donors (Lipinski definition) is 0. The number of rotatable bonds is 1. The molecule has 0 N–H and O–H groups in total. The van der Waals surface area contributed by atoms with Crippen LogP contribution in [0.15, 0.2) is 23.8 Å². The van der Waals surface area contributed by atoms with E-state index in [-0.39, 0.29) is 6.29 Å². The molecule has 1 nitrogen and oxygen atoms in total. The highest BCUT2D eigenvalue weighted by Crippen LogP contribution is 2.25. The summed E-state index contributed by atoms with van der Waals surface area (Å²) in [5.74, 6) is -3.60. The van der Waals surface area contributed by atoms with Crippen molar-refractivity contribution in [3.63, 3.8) is 0 Å². The number of hydrogen-bond acceptors (Lipinski definition) is 1. The van der Waals surface area contributed by atoms with Crippen LogP contribution in [0.25, 0.3) is 0 Å². The first kappa shape index (κ1) is 8.04. The molecule has 0 aromatic heterocycles. The van der Waals surface area contributed by atoms with Crippen LogP contribution in [0.3, 0.4) is 0 Å². The Hall–Kier alpha value is -1.06. The van der Waals surface area contributed by atoms with Gasteiger partial charge < -0.3 is 4.79 Å². The van der Waals surface area contributed by atoms with Gasteiger partial charge in [0.25, 0.3) is 0 Å². The third-order valence-electron chi connectivity index (χ3n) is 1.40. The Morgan fingerprint density at radius 2 is 1.82 bits per heavy atom. The van der Waals surface area contributed by atoms with Gasteiger partial charge in [-0.05, 0) is 12.2 Å². The Balaban J connectivity index is 2.88. The minimum absolute atomic E-state index is 0.243. The number of allylic oxidation sites excluding steroid dienone is 4. The maximum absolute atomic E-state index is 12.5. The van der Waals surface area contributed by atoms with Gasteiger partial charge >= 0.3 is 0 Å². The molecular formula is C7H5F3O. The largest absolute Gasteiger partial charge is 0.303 e. The molecule has 2 unspecified atom stereocenters. The van der Waals surface area contributed by atoms with E-state index in [0.717, 1.165) is 0 Å². The summed E-state index contributed by atoms with van der Waals surface area (Å²) in [7, 11) is 0. The van der Waals surface area contributed by atoms with Crippen LogP contribution in [0.1, 0.15) is 0 Å². The molecule has 0 aromatic rings. The number of alkyl halides is 1. The third-order valence-corrected chi connectivity index (χ3v) is 1.40. The Morgan fingerprint density at radius 3 is 2.36 bits per heavy atom. The van der Waals surface area contributed by atoms with E-state index in [1.54, 1.807) is 0 Å². The van der Waals surface area contributed by atoms with Gasteiger partial charge in [0.1, 0.15) is 12.5 Å². The molecule has 4 heteroatoms. The zero-order valence-corrected chi connectivity index (χ0v) is 5.43. The molecule has 60 valence electrons. The summed E-state index contributed by atoms with van der Waals surface area (Å²) < 4.78 is 37.0. The average molecular weight is 162 g/mol. The van der Waals surface area contributed by atoms with Gasteiger partial charge in [0.05, 0.1) is 5.92 Å². The second-order valence-corrected chi connectivity index (χ2v) is 2.19. The molecule has 0 aromatic carbocycles. The number of carbonyl (C=O) groups is 1. The Labute approximate surface area is 61.2 Å². The van der Waals surface area contributed by atoms with Crippen molar-refractivity contribution in [2.75, 3.05) is 0 Å². The normalized spacial score (nSPS) is 30.8. The SMILES string of the molecule is O=CC1C=C(F)C(F)=CC1F. The third kappa shape index (κ3) is 1.50. The van der Waals surface area contributed by atoms with Gasteiger partial charge in [0.15, 0.2) is 11.7 Å². The summed E-state index contributed by atoms with van der Waals surface area (Å²) in [6.07, 6.45) is -0.416. The number of carbonyl (C=O) groups excluding carboxylic acids is 1. The predicted molar refractivity (Wildman–Crippen MR) is 32.8 cm³/mol. The van der Waals surface area contributed by atoms with Gasteiger partial charge in [-0.3, -0.25) is 0 Å². The van der Waals surface area contributed by atoms with Crippen LogP contribution in [-0.4, -0.2) is 12.5 Å². The van der Waals surface area contributed by atoms with Crippen LogP contribution in [0, 0.1) is 5.92 Å². The van der Waals surface area contributed by atoms with Crippen LogP contribution in [0.4, 0.5) is 13.2 Å². The number of aldehydes is 1. The highest BCUT2D eigenvalue weighted by molar-refractivity contribution is 5.60. The monoisotopic (exact) mass is 162 g/mol. The molecule has 11 heavy (non-hydrogen) atoms. The van der Waals surface area contributed by atoms with Crippen LogP contribution >= 0.6 is 0 Å². The summed E-state index contributed by atoms with van der Waals surface area (Å²) in [4.78, 5) is 10.0. The lowest BCUT2D eigenvalue weighted by Crippen LogP contribution is -2.16. The molecular weight excluding hydrogens is 157 g/mol. The van der Waals surface area contributed by atoms with Crippen molar-refractivity contribution in [1.29, 1.82) is 0 Å². The summed E-state index contributed by atoms with van der Waals surface area (Å²) in [5, 5.41) is 0. The Kier molecular flexibility index (Phi) is 2.12. The molecule has 0 aliphatic heterocycles. The molecule has 0 saturated heterocycles. The fourth-order valence-electron chi connectivity index (χ4n) is 0.785. The lowest BCUT2D eigenvalue weighted by Gasteiger charge is -2.12. The van der Waals surface area contributed by atoms with Crippen LogP contribution in [-0.2, 0) is 4.79 Å². The highest BCUT2D eigenvalue weighted by atomic mass is 19.2. The molecule has 0 heterocycles. The Morgan fingerprint density at radius 1 is 1.27 bits per heavy atom. The highest BCUT2D eigenvalue weighted by Gasteiger charge is 2.24. The van der Waals surface area contributed by atoms with Crippen molar-refractivity contribution < 1.29 is 18.0 Å². The zero-order chi connectivity index (χ0) is 8.43. The molecule has 1 rings (SSSR count). The van der Waals surface area contributed by atoms with Gasteiger partial charge in [-0.1, -0.05) is 0 Å². The van der Waals surface area contributed by atoms with Crippen LogP contribution < -0.4 is 0 Å². The van der Waals surface area contributed by atoms with E-state index in [9.17, 15) is 18.0 Å². The van der Waals surface area contributed by atoms with Crippen molar-refractivity contribution in [3.05, 3.63) is 23.8 Å². The Bertz CT molecular complexity index is 232. The second kappa shape index (κ2) is 2.90. The molecule has 1 aliphatic carbocycles. The molecule has 0 saturated carbocycles. The van der Waals surface area contributed by atoms with Crippen molar-refractivity contribution >= 4 is 6.29 Å².